The summed E-state index contributed by atoms with van der Waals surface area (Å²) in [6, 6.07) is 18.2. The largest absolute Gasteiger partial charge is 0.493 e. The number of halogens is 1. The molecule has 1 amide bonds. The molecule has 0 fully saturated rings. The van der Waals surface area contributed by atoms with Crippen LogP contribution in [0.4, 0.5) is 5.69 Å². The molecular formula is C24H27BrN2O3. The normalized spacial score (nSPS) is 11.2. The smallest absolute Gasteiger partial charge is 0.258 e. The van der Waals surface area contributed by atoms with Crippen molar-refractivity contribution in [2.45, 2.75) is 32.9 Å². The fraction of sp³-hybridized carbons (Fsp3) is 0.292. The Bertz CT molecular complexity index is 1040. The van der Waals surface area contributed by atoms with Crippen molar-refractivity contribution in [2.24, 2.45) is 0 Å². The quantitative estimate of drug-likeness (QED) is 0.477. The zero-order chi connectivity index (χ0) is 21.7. The predicted molar refractivity (Wildman–Crippen MR) is 125 cm³/mol. The molecule has 0 aliphatic rings. The topological polar surface area (TPSA) is 59.6 Å². The maximum atomic E-state index is 12.1. The molecule has 0 atom stereocenters. The number of amides is 1. The number of hydrogen-bond donors (Lipinski definition) is 2. The summed E-state index contributed by atoms with van der Waals surface area (Å²) < 4.78 is 12.1. The third-order valence-corrected chi connectivity index (χ3v) is 5.20. The number of methoxy groups -OCH3 is 1. The van der Waals surface area contributed by atoms with E-state index in [1.807, 2.05) is 51.1 Å². The van der Waals surface area contributed by atoms with Gasteiger partial charge in [0.1, 0.15) is 0 Å². The third-order valence-electron chi connectivity index (χ3n) is 4.46. The van der Waals surface area contributed by atoms with Crippen LogP contribution in [0.3, 0.4) is 0 Å². The highest BCUT2D eigenvalue weighted by atomic mass is 79.9. The molecule has 0 aliphatic carbocycles. The second-order valence-corrected chi connectivity index (χ2v) is 8.92. The number of carbonyl (C=O) groups is 1. The predicted octanol–water partition coefficient (Wildman–Crippen LogP) is 5.52. The molecular weight excluding hydrogens is 444 g/mol. The van der Waals surface area contributed by atoms with Crippen molar-refractivity contribution in [2.75, 3.05) is 19.0 Å². The van der Waals surface area contributed by atoms with Crippen LogP contribution in [0.15, 0.2) is 59.1 Å². The van der Waals surface area contributed by atoms with E-state index < -0.39 is 0 Å². The molecule has 0 unspecified atom stereocenters. The monoisotopic (exact) mass is 470 g/mol. The van der Waals surface area contributed by atoms with Gasteiger partial charge in [-0.3, -0.25) is 4.79 Å². The Hall–Kier alpha value is -2.73. The molecule has 3 rings (SSSR count). The first-order valence-corrected chi connectivity index (χ1v) is 10.6. The number of anilines is 1. The van der Waals surface area contributed by atoms with E-state index in [9.17, 15) is 4.79 Å². The summed E-state index contributed by atoms with van der Waals surface area (Å²) in [5, 5.41) is 8.75. The summed E-state index contributed by atoms with van der Waals surface area (Å²) in [5.41, 5.74) is 1.78. The minimum atomic E-state index is -0.303. The van der Waals surface area contributed by atoms with Gasteiger partial charge in [0.15, 0.2) is 18.1 Å². The van der Waals surface area contributed by atoms with E-state index in [1.165, 1.54) is 10.8 Å². The molecule has 5 nitrogen and oxygen atoms in total. The summed E-state index contributed by atoms with van der Waals surface area (Å²) in [6.45, 7) is 6.32. The average molecular weight is 471 g/mol. The maximum absolute atomic E-state index is 12.1. The first-order valence-electron chi connectivity index (χ1n) is 9.79. The standard InChI is InChI=1S/C24H27BrN2O3/c1-24(2,3)27-23(28)15-30-22-13-19(25)17(12-21(22)29-4)14-26-20-11-7-9-16-8-5-6-10-18(16)20/h5-13,26H,14-15H2,1-4H3,(H,27,28). The van der Waals surface area contributed by atoms with E-state index in [2.05, 4.69) is 50.8 Å². The Morgan fingerprint density at radius 2 is 1.77 bits per heavy atom. The fourth-order valence-corrected chi connectivity index (χ4v) is 3.62. The number of rotatable bonds is 7. The van der Waals surface area contributed by atoms with Gasteiger partial charge in [0.25, 0.3) is 5.91 Å². The van der Waals surface area contributed by atoms with Gasteiger partial charge in [-0.2, -0.15) is 0 Å². The lowest BCUT2D eigenvalue weighted by atomic mass is 10.1. The average Bonchev–Trinajstić information content (AvgIpc) is 2.70. The fourth-order valence-electron chi connectivity index (χ4n) is 3.15. The molecule has 0 radical (unpaired) electrons. The van der Waals surface area contributed by atoms with Crippen molar-refractivity contribution in [3.05, 3.63) is 64.6 Å². The molecule has 3 aromatic carbocycles. The molecule has 0 bridgehead atoms. The van der Waals surface area contributed by atoms with Gasteiger partial charge < -0.3 is 20.1 Å². The Balaban J connectivity index is 1.73. The summed E-state index contributed by atoms with van der Waals surface area (Å²) in [5.74, 6) is 0.918. The Labute approximate surface area is 185 Å². The number of nitrogens with one attached hydrogen (secondary N) is 2. The van der Waals surface area contributed by atoms with Crippen molar-refractivity contribution in [1.82, 2.24) is 5.32 Å². The Morgan fingerprint density at radius 3 is 2.50 bits per heavy atom. The second kappa shape index (κ2) is 9.39. The summed E-state index contributed by atoms with van der Waals surface area (Å²) in [6.07, 6.45) is 0. The highest BCUT2D eigenvalue weighted by Gasteiger charge is 2.16. The first kappa shape index (κ1) is 22.0. The molecule has 158 valence electrons. The van der Waals surface area contributed by atoms with E-state index in [4.69, 9.17) is 9.47 Å². The lowest BCUT2D eigenvalue weighted by Crippen LogP contribution is -2.43. The molecule has 2 N–H and O–H groups in total. The summed E-state index contributed by atoms with van der Waals surface area (Å²) in [7, 11) is 1.59. The van der Waals surface area contributed by atoms with E-state index in [0.29, 0.717) is 18.0 Å². The third kappa shape index (κ3) is 5.66. The van der Waals surface area contributed by atoms with Crippen LogP contribution in [-0.4, -0.2) is 25.2 Å². The lowest BCUT2D eigenvalue weighted by Gasteiger charge is -2.21. The second-order valence-electron chi connectivity index (χ2n) is 8.06. The van der Waals surface area contributed by atoms with Gasteiger partial charge in [-0.15, -0.1) is 0 Å². The van der Waals surface area contributed by atoms with Gasteiger partial charge in [0.05, 0.1) is 7.11 Å². The number of benzene rings is 3. The minimum Gasteiger partial charge on any atom is -0.493 e. The zero-order valence-corrected chi connectivity index (χ0v) is 19.3. The molecule has 0 spiro atoms. The van der Waals surface area contributed by atoms with Gasteiger partial charge in [-0.05, 0) is 49.9 Å². The highest BCUT2D eigenvalue weighted by Crippen LogP contribution is 2.34. The van der Waals surface area contributed by atoms with Crippen molar-refractivity contribution in [3.63, 3.8) is 0 Å². The van der Waals surface area contributed by atoms with Crippen molar-refractivity contribution < 1.29 is 14.3 Å². The molecule has 6 heteroatoms. The van der Waals surface area contributed by atoms with Gasteiger partial charge in [-0.25, -0.2) is 0 Å². The lowest BCUT2D eigenvalue weighted by molar-refractivity contribution is -0.124. The molecule has 0 aliphatic heterocycles. The summed E-state index contributed by atoms with van der Waals surface area (Å²) >= 11 is 3.61. The molecule has 0 aromatic heterocycles. The van der Waals surface area contributed by atoms with Crippen LogP contribution in [0, 0.1) is 0 Å². The molecule has 0 saturated heterocycles. The Morgan fingerprint density at radius 1 is 1.03 bits per heavy atom. The van der Waals surface area contributed by atoms with Gasteiger partial charge >= 0.3 is 0 Å². The maximum Gasteiger partial charge on any atom is 0.258 e. The number of hydrogen-bond acceptors (Lipinski definition) is 4. The first-order chi connectivity index (χ1) is 14.3. The van der Waals surface area contributed by atoms with E-state index >= 15 is 0 Å². The SMILES string of the molecule is COc1cc(CNc2cccc3ccccc23)c(Br)cc1OCC(=O)NC(C)(C)C. The Kier molecular flexibility index (Phi) is 6.87. The highest BCUT2D eigenvalue weighted by molar-refractivity contribution is 9.10. The van der Waals surface area contributed by atoms with Crippen LogP contribution < -0.4 is 20.1 Å². The number of carbonyl (C=O) groups excluding carboxylic acids is 1. The van der Waals surface area contributed by atoms with Crippen molar-refractivity contribution in [3.8, 4) is 11.5 Å². The van der Waals surface area contributed by atoms with E-state index in [1.54, 1.807) is 7.11 Å². The van der Waals surface area contributed by atoms with E-state index in [0.717, 1.165) is 15.7 Å². The van der Waals surface area contributed by atoms with Crippen LogP contribution in [0.25, 0.3) is 10.8 Å². The van der Waals surface area contributed by atoms with Crippen LogP contribution >= 0.6 is 15.9 Å². The van der Waals surface area contributed by atoms with Crippen molar-refractivity contribution >= 4 is 38.3 Å². The minimum absolute atomic E-state index is 0.0757. The number of ether oxygens (including phenoxy) is 2. The van der Waals surface area contributed by atoms with Gasteiger partial charge in [-0.1, -0.05) is 52.3 Å². The van der Waals surface area contributed by atoms with Gasteiger partial charge in [0.2, 0.25) is 0 Å². The summed E-state index contributed by atoms with van der Waals surface area (Å²) in [4.78, 5) is 12.1. The number of fused-ring (bicyclic) bond motifs is 1. The van der Waals surface area contributed by atoms with Crippen LogP contribution in [0.2, 0.25) is 0 Å². The molecule has 30 heavy (non-hydrogen) atoms. The van der Waals surface area contributed by atoms with Crippen LogP contribution in [0.1, 0.15) is 26.3 Å². The van der Waals surface area contributed by atoms with E-state index in [-0.39, 0.29) is 18.1 Å². The van der Waals surface area contributed by atoms with Crippen molar-refractivity contribution in [1.29, 1.82) is 0 Å². The van der Waals surface area contributed by atoms with Crippen LogP contribution in [0.5, 0.6) is 11.5 Å². The van der Waals surface area contributed by atoms with Gasteiger partial charge in [0, 0.05) is 27.6 Å². The zero-order valence-electron chi connectivity index (χ0n) is 17.7. The molecule has 3 aromatic rings. The van der Waals surface area contributed by atoms with Crippen LogP contribution in [-0.2, 0) is 11.3 Å². The molecule has 0 heterocycles. The molecule has 0 saturated carbocycles.